The number of nitrogens with one attached hydrogen (secondary N) is 1. The van der Waals surface area contributed by atoms with Gasteiger partial charge in [0.1, 0.15) is 0 Å². The average Bonchev–Trinajstić information content (AvgIpc) is 2.38. The van der Waals surface area contributed by atoms with Gasteiger partial charge in [-0.25, -0.2) is 0 Å². The predicted octanol–water partition coefficient (Wildman–Crippen LogP) is 3.42. The predicted molar refractivity (Wildman–Crippen MR) is 79.2 cm³/mol. The fraction of sp³-hybridized carbons (Fsp3) is 0.688. The van der Waals surface area contributed by atoms with E-state index in [0.717, 1.165) is 36.3 Å². The smallest absolute Gasteiger partial charge is 0.0541 e. The molecule has 4 aliphatic rings. The van der Waals surface area contributed by atoms with Crippen molar-refractivity contribution in [2.24, 2.45) is 23.7 Å². The van der Waals surface area contributed by atoms with Crippen LogP contribution in [0.1, 0.15) is 37.8 Å². The van der Waals surface area contributed by atoms with E-state index in [1.807, 2.05) is 12.3 Å². The molecule has 0 atom stereocenters. The van der Waals surface area contributed by atoms with Gasteiger partial charge in [0.15, 0.2) is 0 Å². The maximum absolute atomic E-state index is 4.42. The first-order valence-corrected chi connectivity index (χ1v) is 7.52. The van der Waals surface area contributed by atoms with Gasteiger partial charge in [0.25, 0.3) is 0 Å². The van der Waals surface area contributed by atoms with Crippen LogP contribution >= 0.6 is 12.4 Å². The van der Waals surface area contributed by atoms with E-state index in [-0.39, 0.29) is 12.4 Å². The highest BCUT2D eigenvalue weighted by atomic mass is 35.5. The van der Waals surface area contributed by atoms with Gasteiger partial charge in [0.05, 0.1) is 5.69 Å². The Bertz CT molecular complexity index is 392. The molecular formula is C16H23ClN2. The molecule has 0 unspecified atom stereocenters. The number of halogens is 1. The standard InChI is InChI=1S/C16H22N2.ClH/c1-2-4-17-15(3-1)10-18-16-13-6-11-5-12(8-13)9-14(16)7-11;/h1-4,11-14,16,18H,5-10H2;1H. The summed E-state index contributed by atoms with van der Waals surface area (Å²) < 4.78 is 0. The summed E-state index contributed by atoms with van der Waals surface area (Å²) in [6, 6.07) is 6.98. The molecule has 1 heterocycles. The van der Waals surface area contributed by atoms with Crippen LogP contribution in [0.2, 0.25) is 0 Å². The molecule has 0 radical (unpaired) electrons. The van der Waals surface area contributed by atoms with Crippen LogP contribution in [0.25, 0.3) is 0 Å². The first-order chi connectivity index (χ1) is 8.88. The summed E-state index contributed by atoms with van der Waals surface area (Å²) in [7, 11) is 0. The quantitative estimate of drug-likeness (QED) is 0.916. The number of pyridine rings is 1. The minimum absolute atomic E-state index is 0. The van der Waals surface area contributed by atoms with Crippen LogP contribution in [0.15, 0.2) is 24.4 Å². The molecule has 4 saturated carbocycles. The van der Waals surface area contributed by atoms with Crippen LogP contribution in [-0.2, 0) is 6.54 Å². The zero-order valence-electron chi connectivity index (χ0n) is 11.3. The Morgan fingerprint density at radius 3 is 2.26 bits per heavy atom. The fourth-order valence-electron chi connectivity index (χ4n) is 4.98. The first-order valence-electron chi connectivity index (χ1n) is 7.52. The lowest BCUT2D eigenvalue weighted by Gasteiger charge is -2.54. The van der Waals surface area contributed by atoms with Crippen molar-refractivity contribution < 1.29 is 0 Å². The minimum atomic E-state index is 0. The maximum atomic E-state index is 4.42. The number of aromatic nitrogens is 1. The lowest BCUT2D eigenvalue weighted by Crippen LogP contribution is -2.54. The summed E-state index contributed by atoms with van der Waals surface area (Å²) in [5, 5.41) is 3.82. The van der Waals surface area contributed by atoms with E-state index in [1.54, 1.807) is 6.42 Å². The zero-order valence-corrected chi connectivity index (χ0v) is 12.1. The molecule has 1 aromatic rings. The summed E-state index contributed by atoms with van der Waals surface area (Å²) in [5.41, 5.74) is 1.19. The van der Waals surface area contributed by atoms with Crippen molar-refractivity contribution >= 4 is 12.4 Å². The first kappa shape index (κ1) is 13.4. The van der Waals surface area contributed by atoms with Crippen LogP contribution in [0.3, 0.4) is 0 Å². The number of rotatable bonds is 3. The van der Waals surface area contributed by atoms with E-state index >= 15 is 0 Å². The van der Waals surface area contributed by atoms with E-state index < -0.39 is 0 Å². The van der Waals surface area contributed by atoms with Crippen LogP contribution < -0.4 is 5.32 Å². The summed E-state index contributed by atoms with van der Waals surface area (Å²) in [6.07, 6.45) is 9.41. The molecule has 4 bridgehead atoms. The van der Waals surface area contributed by atoms with Gasteiger partial charge < -0.3 is 5.32 Å². The molecule has 1 N–H and O–H groups in total. The minimum Gasteiger partial charge on any atom is -0.308 e. The third-order valence-corrected chi connectivity index (χ3v) is 5.47. The largest absolute Gasteiger partial charge is 0.308 e. The molecular weight excluding hydrogens is 256 g/mol. The van der Waals surface area contributed by atoms with Gasteiger partial charge in [-0.3, -0.25) is 4.98 Å². The van der Waals surface area contributed by atoms with Crippen molar-refractivity contribution in [3.05, 3.63) is 30.1 Å². The van der Waals surface area contributed by atoms with Gasteiger partial charge >= 0.3 is 0 Å². The van der Waals surface area contributed by atoms with Crippen LogP contribution in [-0.4, -0.2) is 11.0 Å². The summed E-state index contributed by atoms with van der Waals surface area (Å²) in [5.74, 6) is 4.07. The lowest BCUT2D eigenvalue weighted by atomic mass is 9.54. The Morgan fingerprint density at radius 1 is 1.00 bits per heavy atom. The molecule has 0 saturated heterocycles. The van der Waals surface area contributed by atoms with Crippen molar-refractivity contribution in [3.8, 4) is 0 Å². The zero-order chi connectivity index (χ0) is 11.9. The lowest BCUT2D eigenvalue weighted by molar-refractivity contribution is -0.0143. The van der Waals surface area contributed by atoms with Crippen molar-refractivity contribution in [1.82, 2.24) is 10.3 Å². The fourth-order valence-corrected chi connectivity index (χ4v) is 4.98. The normalized spacial score (nSPS) is 39.1. The van der Waals surface area contributed by atoms with Gasteiger partial charge in [-0.1, -0.05) is 6.07 Å². The van der Waals surface area contributed by atoms with Gasteiger partial charge in [-0.2, -0.15) is 0 Å². The van der Waals surface area contributed by atoms with Crippen molar-refractivity contribution in [2.75, 3.05) is 0 Å². The Hall–Kier alpha value is -0.600. The third kappa shape index (κ3) is 2.53. The molecule has 3 heteroatoms. The topological polar surface area (TPSA) is 24.9 Å². The van der Waals surface area contributed by atoms with Gasteiger partial charge in [0, 0.05) is 18.8 Å². The second kappa shape index (κ2) is 5.41. The van der Waals surface area contributed by atoms with E-state index in [0.29, 0.717) is 0 Å². The Morgan fingerprint density at radius 2 is 1.68 bits per heavy atom. The molecule has 0 aliphatic heterocycles. The van der Waals surface area contributed by atoms with Gasteiger partial charge in [0.2, 0.25) is 0 Å². The van der Waals surface area contributed by atoms with E-state index in [9.17, 15) is 0 Å². The van der Waals surface area contributed by atoms with E-state index in [1.165, 1.54) is 31.4 Å². The molecule has 0 aromatic carbocycles. The molecule has 4 fully saturated rings. The second-order valence-corrected chi connectivity index (χ2v) is 6.66. The molecule has 2 nitrogen and oxygen atoms in total. The average molecular weight is 279 g/mol. The summed E-state index contributed by atoms with van der Waals surface area (Å²) >= 11 is 0. The van der Waals surface area contributed by atoms with Crippen LogP contribution in [0.4, 0.5) is 0 Å². The van der Waals surface area contributed by atoms with Crippen molar-refractivity contribution in [2.45, 2.75) is 44.7 Å². The van der Waals surface area contributed by atoms with Gasteiger partial charge in [-0.05, 0) is 67.9 Å². The monoisotopic (exact) mass is 278 g/mol. The maximum Gasteiger partial charge on any atom is 0.0541 e. The molecule has 104 valence electrons. The molecule has 19 heavy (non-hydrogen) atoms. The number of hydrogen-bond acceptors (Lipinski definition) is 2. The Labute approximate surface area is 121 Å². The second-order valence-electron chi connectivity index (χ2n) is 6.66. The Kier molecular flexibility index (Phi) is 3.81. The Balaban J connectivity index is 0.00000110. The van der Waals surface area contributed by atoms with Crippen LogP contribution in [0, 0.1) is 23.7 Å². The van der Waals surface area contributed by atoms with Crippen LogP contribution in [0.5, 0.6) is 0 Å². The summed E-state index contributed by atoms with van der Waals surface area (Å²) in [6.45, 7) is 0.952. The van der Waals surface area contributed by atoms with E-state index in [2.05, 4.69) is 22.4 Å². The highest BCUT2D eigenvalue weighted by molar-refractivity contribution is 5.85. The molecule has 0 amide bonds. The van der Waals surface area contributed by atoms with Crippen molar-refractivity contribution in [1.29, 1.82) is 0 Å². The number of nitrogens with zero attached hydrogens (tertiary/aromatic N) is 1. The SMILES string of the molecule is Cl.c1ccc(CNC2C3CC4CC(C3)CC2C4)nc1. The third-order valence-electron chi connectivity index (χ3n) is 5.47. The number of hydrogen-bond donors (Lipinski definition) is 1. The molecule has 4 aliphatic carbocycles. The highest BCUT2D eigenvalue weighted by Crippen LogP contribution is 2.53. The molecule has 0 spiro atoms. The molecule has 1 aromatic heterocycles. The summed E-state index contributed by atoms with van der Waals surface area (Å²) in [4.78, 5) is 4.42. The van der Waals surface area contributed by atoms with Gasteiger partial charge in [-0.15, -0.1) is 12.4 Å². The van der Waals surface area contributed by atoms with Crippen molar-refractivity contribution in [3.63, 3.8) is 0 Å². The van der Waals surface area contributed by atoms with E-state index in [4.69, 9.17) is 0 Å². The highest BCUT2D eigenvalue weighted by Gasteiger charge is 2.47. The molecule has 5 rings (SSSR count).